The van der Waals surface area contributed by atoms with Crippen LogP contribution in [0.5, 0.6) is 0 Å². The van der Waals surface area contributed by atoms with Crippen LogP contribution in [-0.2, 0) is 4.79 Å². The van der Waals surface area contributed by atoms with Crippen LogP contribution in [0, 0.1) is 5.92 Å². The number of hydrogen-bond acceptors (Lipinski definition) is 2. The van der Waals surface area contributed by atoms with Crippen molar-refractivity contribution in [3.63, 3.8) is 0 Å². The molecule has 0 aliphatic rings. The van der Waals surface area contributed by atoms with Gasteiger partial charge in [-0.1, -0.05) is 36.2 Å². The molecule has 0 saturated carbocycles. The van der Waals surface area contributed by atoms with Crippen LogP contribution in [-0.4, -0.2) is 17.0 Å². The maximum absolute atomic E-state index is 12.0. The standard InChI is InChI=1S/C13H15Br2NO3/c1-3-4-7(2)12(17)16-11-9(13(18)19)5-8(14)6-10(11)15/h5-7H,3-4H2,1-2H3,(H,16,17)(H,18,19). The summed E-state index contributed by atoms with van der Waals surface area (Å²) in [6, 6.07) is 3.17. The van der Waals surface area contributed by atoms with Crippen molar-refractivity contribution in [2.45, 2.75) is 26.7 Å². The van der Waals surface area contributed by atoms with E-state index in [0.29, 0.717) is 14.6 Å². The first-order valence-electron chi connectivity index (χ1n) is 5.90. The second kappa shape index (κ2) is 7.05. The van der Waals surface area contributed by atoms with Crippen molar-refractivity contribution in [1.82, 2.24) is 0 Å². The molecule has 1 atom stereocenters. The van der Waals surface area contributed by atoms with Gasteiger partial charge in [0.1, 0.15) is 0 Å². The molecule has 2 N–H and O–H groups in total. The molecular formula is C13H15Br2NO3. The van der Waals surface area contributed by atoms with Crippen LogP contribution in [0.2, 0.25) is 0 Å². The van der Waals surface area contributed by atoms with Crippen molar-refractivity contribution in [3.05, 3.63) is 26.6 Å². The smallest absolute Gasteiger partial charge is 0.337 e. The number of carboxylic acid groups (broad SMARTS) is 1. The number of halogens is 2. The van der Waals surface area contributed by atoms with Crippen molar-refractivity contribution in [1.29, 1.82) is 0 Å². The molecular weight excluding hydrogens is 378 g/mol. The van der Waals surface area contributed by atoms with E-state index in [4.69, 9.17) is 0 Å². The van der Waals surface area contributed by atoms with Gasteiger partial charge in [-0.05, 0) is 34.5 Å². The Bertz CT molecular complexity index is 503. The Morgan fingerprint density at radius 2 is 2.00 bits per heavy atom. The monoisotopic (exact) mass is 391 g/mol. The highest BCUT2D eigenvalue weighted by molar-refractivity contribution is 9.11. The maximum Gasteiger partial charge on any atom is 0.337 e. The normalized spacial score (nSPS) is 12.0. The average Bonchev–Trinajstić information content (AvgIpc) is 2.32. The number of hydrogen-bond donors (Lipinski definition) is 2. The van der Waals surface area contributed by atoms with Gasteiger partial charge in [-0.15, -0.1) is 0 Å². The molecule has 0 fully saturated rings. The summed E-state index contributed by atoms with van der Waals surface area (Å²) in [6.45, 7) is 3.83. The van der Waals surface area contributed by atoms with E-state index in [1.807, 2.05) is 13.8 Å². The Kier molecular flexibility index (Phi) is 6.00. The Labute approximate surface area is 128 Å². The zero-order chi connectivity index (χ0) is 14.6. The van der Waals surface area contributed by atoms with Gasteiger partial charge in [0, 0.05) is 14.9 Å². The van der Waals surface area contributed by atoms with Crippen LogP contribution < -0.4 is 5.32 Å². The van der Waals surface area contributed by atoms with E-state index in [9.17, 15) is 14.7 Å². The quantitative estimate of drug-likeness (QED) is 0.785. The lowest BCUT2D eigenvalue weighted by Crippen LogP contribution is -2.22. The fourth-order valence-electron chi connectivity index (χ4n) is 1.68. The summed E-state index contributed by atoms with van der Waals surface area (Å²) in [7, 11) is 0. The van der Waals surface area contributed by atoms with E-state index in [-0.39, 0.29) is 17.4 Å². The second-order valence-electron chi connectivity index (χ2n) is 4.29. The van der Waals surface area contributed by atoms with E-state index < -0.39 is 5.97 Å². The predicted molar refractivity (Wildman–Crippen MR) is 81.5 cm³/mol. The fraction of sp³-hybridized carbons (Fsp3) is 0.385. The van der Waals surface area contributed by atoms with Crippen molar-refractivity contribution in [2.24, 2.45) is 5.92 Å². The molecule has 0 aromatic heterocycles. The van der Waals surface area contributed by atoms with Crippen molar-refractivity contribution < 1.29 is 14.7 Å². The maximum atomic E-state index is 12.0. The van der Waals surface area contributed by atoms with E-state index in [0.717, 1.165) is 12.8 Å². The molecule has 1 amide bonds. The van der Waals surface area contributed by atoms with Gasteiger partial charge < -0.3 is 10.4 Å². The van der Waals surface area contributed by atoms with Crippen molar-refractivity contribution in [2.75, 3.05) is 5.32 Å². The first-order chi connectivity index (χ1) is 8.86. The van der Waals surface area contributed by atoms with Gasteiger partial charge in [-0.3, -0.25) is 4.79 Å². The Balaban J connectivity index is 3.06. The number of rotatable bonds is 5. The third-order valence-corrected chi connectivity index (χ3v) is 3.79. The van der Waals surface area contributed by atoms with Gasteiger partial charge in [0.2, 0.25) is 5.91 Å². The first kappa shape index (κ1) is 16.2. The lowest BCUT2D eigenvalue weighted by molar-refractivity contribution is -0.119. The number of nitrogens with one attached hydrogen (secondary N) is 1. The van der Waals surface area contributed by atoms with E-state index in [1.165, 1.54) is 6.07 Å². The minimum absolute atomic E-state index is 0.0540. The largest absolute Gasteiger partial charge is 0.478 e. The van der Waals surface area contributed by atoms with E-state index in [2.05, 4.69) is 37.2 Å². The molecule has 104 valence electrons. The molecule has 19 heavy (non-hydrogen) atoms. The number of anilines is 1. The van der Waals surface area contributed by atoms with Crippen LogP contribution in [0.15, 0.2) is 21.1 Å². The molecule has 0 heterocycles. The van der Waals surface area contributed by atoms with Gasteiger partial charge >= 0.3 is 5.97 Å². The third-order valence-electron chi connectivity index (χ3n) is 2.70. The Morgan fingerprint density at radius 1 is 1.37 bits per heavy atom. The second-order valence-corrected chi connectivity index (χ2v) is 6.06. The summed E-state index contributed by atoms with van der Waals surface area (Å²) in [4.78, 5) is 23.2. The molecule has 4 nitrogen and oxygen atoms in total. The third kappa shape index (κ3) is 4.31. The minimum atomic E-state index is -1.08. The van der Waals surface area contributed by atoms with Crippen molar-refractivity contribution in [3.8, 4) is 0 Å². The number of benzene rings is 1. The fourth-order valence-corrected chi connectivity index (χ4v) is 3.00. The molecule has 1 unspecified atom stereocenters. The van der Waals surface area contributed by atoms with Gasteiger partial charge in [0.05, 0.1) is 11.3 Å². The number of aromatic carboxylic acids is 1. The number of carboxylic acids is 1. The summed E-state index contributed by atoms with van der Waals surface area (Å²) in [5.74, 6) is -1.41. The number of amides is 1. The topological polar surface area (TPSA) is 66.4 Å². The summed E-state index contributed by atoms with van der Waals surface area (Å²) in [6.07, 6.45) is 1.67. The Morgan fingerprint density at radius 3 is 2.53 bits per heavy atom. The summed E-state index contributed by atoms with van der Waals surface area (Å²) >= 11 is 6.50. The summed E-state index contributed by atoms with van der Waals surface area (Å²) in [5, 5.41) is 11.9. The highest BCUT2D eigenvalue weighted by Crippen LogP contribution is 2.31. The average molecular weight is 393 g/mol. The van der Waals surface area contributed by atoms with Crippen LogP contribution in [0.3, 0.4) is 0 Å². The summed E-state index contributed by atoms with van der Waals surface area (Å²) in [5.41, 5.74) is 0.349. The molecule has 0 bridgehead atoms. The zero-order valence-corrected chi connectivity index (χ0v) is 13.8. The molecule has 0 saturated heterocycles. The molecule has 1 rings (SSSR count). The molecule has 1 aromatic carbocycles. The summed E-state index contributed by atoms with van der Waals surface area (Å²) < 4.78 is 1.17. The SMILES string of the molecule is CCCC(C)C(=O)Nc1c(Br)cc(Br)cc1C(=O)O. The minimum Gasteiger partial charge on any atom is -0.478 e. The van der Waals surface area contributed by atoms with Crippen LogP contribution >= 0.6 is 31.9 Å². The molecule has 0 aliphatic heterocycles. The Hall–Kier alpha value is -0.880. The van der Waals surface area contributed by atoms with Crippen LogP contribution in [0.1, 0.15) is 37.0 Å². The van der Waals surface area contributed by atoms with E-state index in [1.54, 1.807) is 6.07 Å². The lowest BCUT2D eigenvalue weighted by atomic mass is 10.0. The number of carbonyl (C=O) groups is 2. The molecule has 0 radical (unpaired) electrons. The van der Waals surface area contributed by atoms with Crippen LogP contribution in [0.4, 0.5) is 5.69 Å². The van der Waals surface area contributed by atoms with Crippen LogP contribution in [0.25, 0.3) is 0 Å². The molecule has 0 aliphatic carbocycles. The highest BCUT2D eigenvalue weighted by Gasteiger charge is 2.19. The molecule has 0 spiro atoms. The zero-order valence-electron chi connectivity index (χ0n) is 10.7. The molecule has 1 aromatic rings. The number of carbonyl (C=O) groups excluding carboxylic acids is 1. The molecule has 6 heteroatoms. The van der Waals surface area contributed by atoms with Gasteiger partial charge in [0.25, 0.3) is 0 Å². The van der Waals surface area contributed by atoms with E-state index >= 15 is 0 Å². The predicted octanol–water partition coefficient (Wildman–Crippen LogP) is 4.28. The first-order valence-corrected chi connectivity index (χ1v) is 7.48. The van der Waals surface area contributed by atoms with Gasteiger partial charge in [-0.2, -0.15) is 0 Å². The van der Waals surface area contributed by atoms with Crippen molar-refractivity contribution >= 4 is 49.4 Å². The van der Waals surface area contributed by atoms with Gasteiger partial charge in [-0.25, -0.2) is 4.79 Å². The van der Waals surface area contributed by atoms with Gasteiger partial charge in [0.15, 0.2) is 0 Å². The highest BCUT2D eigenvalue weighted by atomic mass is 79.9. The lowest BCUT2D eigenvalue weighted by Gasteiger charge is -2.14.